The molecule has 2 atom stereocenters. The maximum atomic E-state index is 3.71. The van der Waals surface area contributed by atoms with Crippen LogP contribution < -0.4 is 5.32 Å². The van der Waals surface area contributed by atoms with Gasteiger partial charge in [0.2, 0.25) is 0 Å². The van der Waals surface area contributed by atoms with Crippen molar-refractivity contribution in [1.29, 1.82) is 0 Å². The first-order valence-electron chi connectivity index (χ1n) is 7.09. The molecule has 0 saturated carbocycles. The molecule has 1 saturated heterocycles. The van der Waals surface area contributed by atoms with Crippen LogP contribution in [0, 0.1) is 19.8 Å². The van der Waals surface area contributed by atoms with E-state index in [0.717, 1.165) is 5.92 Å². The molecule has 1 heterocycles. The third-order valence-electron chi connectivity index (χ3n) is 4.36. The molecule has 1 aromatic carbocycles. The zero-order valence-corrected chi connectivity index (χ0v) is 12.2. The van der Waals surface area contributed by atoms with Crippen molar-refractivity contribution in [2.45, 2.75) is 39.7 Å². The molecule has 1 N–H and O–H groups in total. The van der Waals surface area contributed by atoms with Gasteiger partial charge in [0.05, 0.1) is 0 Å². The van der Waals surface area contributed by atoms with E-state index in [1.165, 1.54) is 42.7 Å². The second kappa shape index (κ2) is 5.75. The average Bonchev–Trinajstić information content (AvgIpc) is 2.35. The van der Waals surface area contributed by atoms with Gasteiger partial charge in [-0.1, -0.05) is 12.1 Å². The Balaban J connectivity index is 2.02. The van der Waals surface area contributed by atoms with E-state index in [-0.39, 0.29) is 0 Å². The summed E-state index contributed by atoms with van der Waals surface area (Å²) < 4.78 is 0. The molecule has 2 heteroatoms. The van der Waals surface area contributed by atoms with E-state index in [9.17, 15) is 0 Å². The van der Waals surface area contributed by atoms with Gasteiger partial charge in [0, 0.05) is 18.3 Å². The number of piperidine rings is 1. The molecule has 0 radical (unpaired) electrons. The summed E-state index contributed by atoms with van der Waals surface area (Å²) in [6.45, 7) is 9.19. The van der Waals surface area contributed by atoms with Gasteiger partial charge in [-0.15, -0.1) is 0 Å². The van der Waals surface area contributed by atoms with Crippen molar-refractivity contribution in [3.05, 3.63) is 29.3 Å². The van der Waals surface area contributed by atoms with Crippen LogP contribution in [0.15, 0.2) is 18.2 Å². The van der Waals surface area contributed by atoms with E-state index >= 15 is 0 Å². The fraction of sp³-hybridized carbons (Fsp3) is 0.625. The van der Waals surface area contributed by atoms with Crippen molar-refractivity contribution in [2.24, 2.45) is 5.92 Å². The van der Waals surface area contributed by atoms with Gasteiger partial charge in [0.15, 0.2) is 0 Å². The van der Waals surface area contributed by atoms with Crippen LogP contribution in [-0.2, 0) is 0 Å². The monoisotopic (exact) mass is 246 g/mol. The Morgan fingerprint density at radius 1 is 1.33 bits per heavy atom. The molecule has 0 aromatic heterocycles. The Bertz CT molecular complexity index is 400. The smallest absolute Gasteiger partial charge is 0.0374 e. The van der Waals surface area contributed by atoms with Crippen LogP contribution in [0.3, 0.4) is 0 Å². The van der Waals surface area contributed by atoms with E-state index < -0.39 is 0 Å². The summed E-state index contributed by atoms with van der Waals surface area (Å²) in [4.78, 5) is 2.45. The molecular weight excluding hydrogens is 220 g/mol. The number of benzene rings is 1. The van der Waals surface area contributed by atoms with E-state index in [0.29, 0.717) is 6.04 Å². The maximum Gasteiger partial charge on any atom is 0.0374 e. The van der Waals surface area contributed by atoms with Gasteiger partial charge >= 0.3 is 0 Å². The lowest BCUT2D eigenvalue weighted by Gasteiger charge is -2.34. The van der Waals surface area contributed by atoms with Crippen molar-refractivity contribution in [3.8, 4) is 0 Å². The molecule has 1 aliphatic heterocycles. The molecule has 100 valence electrons. The van der Waals surface area contributed by atoms with Gasteiger partial charge in [0.25, 0.3) is 0 Å². The molecule has 0 bridgehead atoms. The average molecular weight is 246 g/mol. The van der Waals surface area contributed by atoms with Crippen LogP contribution >= 0.6 is 0 Å². The zero-order chi connectivity index (χ0) is 13.1. The summed E-state index contributed by atoms with van der Waals surface area (Å²) in [5.74, 6) is 0.767. The lowest BCUT2D eigenvalue weighted by atomic mass is 9.91. The highest BCUT2D eigenvalue weighted by atomic mass is 15.1. The number of aryl methyl sites for hydroxylation is 1. The summed E-state index contributed by atoms with van der Waals surface area (Å²) in [5.41, 5.74) is 4.05. The fourth-order valence-electron chi connectivity index (χ4n) is 2.89. The Morgan fingerprint density at radius 3 is 2.83 bits per heavy atom. The Labute approximate surface area is 111 Å². The molecule has 0 aliphatic carbocycles. The molecule has 18 heavy (non-hydrogen) atoms. The zero-order valence-electron chi connectivity index (χ0n) is 12.2. The minimum Gasteiger partial charge on any atom is -0.382 e. The number of anilines is 1. The minimum absolute atomic E-state index is 0.549. The van der Waals surface area contributed by atoms with Gasteiger partial charge in [-0.3, -0.25) is 0 Å². The topological polar surface area (TPSA) is 15.3 Å². The maximum absolute atomic E-state index is 3.71. The quantitative estimate of drug-likeness (QED) is 0.879. The standard InChI is InChI=1S/C16H26N2/c1-12-7-5-9-16(13(12)2)17-14(3)15-8-6-10-18(4)11-15/h5,7,9,14-15,17H,6,8,10-11H2,1-4H3. The number of nitrogens with one attached hydrogen (secondary N) is 1. The van der Waals surface area contributed by atoms with Gasteiger partial charge < -0.3 is 10.2 Å². The number of likely N-dealkylation sites (tertiary alicyclic amines) is 1. The number of rotatable bonds is 3. The third kappa shape index (κ3) is 3.05. The van der Waals surface area contributed by atoms with Gasteiger partial charge in [-0.2, -0.15) is 0 Å². The Morgan fingerprint density at radius 2 is 2.11 bits per heavy atom. The molecule has 1 aromatic rings. The summed E-state index contributed by atoms with van der Waals surface area (Å²) in [5, 5.41) is 3.71. The lowest BCUT2D eigenvalue weighted by Crippen LogP contribution is -2.40. The van der Waals surface area contributed by atoms with Gasteiger partial charge in [0.1, 0.15) is 0 Å². The number of hydrogen-bond donors (Lipinski definition) is 1. The summed E-state index contributed by atoms with van der Waals surface area (Å²) >= 11 is 0. The predicted octanol–water partition coefficient (Wildman–Crippen LogP) is 3.45. The Hall–Kier alpha value is -1.02. The largest absolute Gasteiger partial charge is 0.382 e. The first-order chi connectivity index (χ1) is 8.58. The van der Waals surface area contributed by atoms with E-state index in [1.54, 1.807) is 0 Å². The summed E-state index contributed by atoms with van der Waals surface area (Å²) in [6, 6.07) is 7.07. The van der Waals surface area contributed by atoms with Gasteiger partial charge in [-0.05, 0) is 70.3 Å². The van der Waals surface area contributed by atoms with Crippen molar-refractivity contribution in [1.82, 2.24) is 4.90 Å². The van der Waals surface area contributed by atoms with Crippen LogP contribution in [0.2, 0.25) is 0 Å². The summed E-state index contributed by atoms with van der Waals surface area (Å²) in [7, 11) is 2.23. The van der Waals surface area contributed by atoms with Crippen LogP contribution in [-0.4, -0.2) is 31.1 Å². The predicted molar refractivity (Wildman–Crippen MR) is 79.2 cm³/mol. The first-order valence-corrected chi connectivity index (χ1v) is 7.09. The second-order valence-corrected chi connectivity index (χ2v) is 5.85. The normalized spacial score (nSPS) is 22.8. The molecule has 2 rings (SSSR count). The Kier molecular flexibility index (Phi) is 4.28. The van der Waals surface area contributed by atoms with Crippen molar-refractivity contribution >= 4 is 5.69 Å². The SMILES string of the molecule is Cc1cccc(NC(C)C2CCCN(C)C2)c1C. The van der Waals surface area contributed by atoms with Crippen LogP contribution in [0.5, 0.6) is 0 Å². The molecule has 0 spiro atoms. The highest BCUT2D eigenvalue weighted by molar-refractivity contribution is 5.54. The third-order valence-corrected chi connectivity index (χ3v) is 4.36. The lowest BCUT2D eigenvalue weighted by molar-refractivity contribution is 0.197. The second-order valence-electron chi connectivity index (χ2n) is 5.85. The van der Waals surface area contributed by atoms with Crippen molar-refractivity contribution in [2.75, 3.05) is 25.5 Å². The first kappa shape index (κ1) is 13.4. The van der Waals surface area contributed by atoms with E-state index in [4.69, 9.17) is 0 Å². The van der Waals surface area contributed by atoms with Crippen LogP contribution in [0.4, 0.5) is 5.69 Å². The highest BCUT2D eigenvalue weighted by Gasteiger charge is 2.22. The van der Waals surface area contributed by atoms with Crippen molar-refractivity contribution < 1.29 is 0 Å². The van der Waals surface area contributed by atoms with Crippen LogP contribution in [0.25, 0.3) is 0 Å². The molecule has 2 nitrogen and oxygen atoms in total. The van der Waals surface area contributed by atoms with E-state index in [1.807, 2.05) is 0 Å². The minimum atomic E-state index is 0.549. The van der Waals surface area contributed by atoms with Gasteiger partial charge in [-0.25, -0.2) is 0 Å². The highest BCUT2D eigenvalue weighted by Crippen LogP contribution is 2.24. The van der Waals surface area contributed by atoms with E-state index in [2.05, 4.69) is 56.2 Å². The van der Waals surface area contributed by atoms with Crippen LogP contribution in [0.1, 0.15) is 30.9 Å². The molecular formula is C16H26N2. The fourth-order valence-corrected chi connectivity index (χ4v) is 2.89. The van der Waals surface area contributed by atoms with Crippen molar-refractivity contribution in [3.63, 3.8) is 0 Å². The molecule has 1 fully saturated rings. The number of hydrogen-bond acceptors (Lipinski definition) is 2. The summed E-state index contributed by atoms with van der Waals surface area (Å²) in [6.07, 6.45) is 2.68. The molecule has 1 aliphatic rings. The molecule has 2 unspecified atom stereocenters. The molecule has 0 amide bonds. The number of nitrogens with zero attached hydrogens (tertiary/aromatic N) is 1.